The number of nitrogens with one attached hydrogen (secondary N) is 1. The molecule has 1 aromatic carbocycles. The maximum absolute atomic E-state index is 14.9. The molecule has 4 aliphatic rings. The third kappa shape index (κ3) is 8.63. The van der Waals surface area contributed by atoms with Crippen LogP contribution in [0.15, 0.2) is 30.5 Å². The van der Waals surface area contributed by atoms with Gasteiger partial charge in [-0.15, -0.1) is 0 Å². The average Bonchev–Trinajstić information content (AvgIpc) is 4.02. The number of esters is 1. The van der Waals surface area contributed by atoms with Gasteiger partial charge in [-0.3, -0.25) is 23.9 Å². The largest absolute Gasteiger partial charge is 0.494 e. The molecule has 0 bridgehead atoms. The van der Waals surface area contributed by atoms with Crippen LogP contribution in [0.3, 0.4) is 0 Å². The summed E-state index contributed by atoms with van der Waals surface area (Å²) in [5.41, 5.74) is -2.06. The number of fused-ring (bicyclic) bond motifs is 3. The quantitative estimate of drug-likeness (QED) is 0.295. The van der Waals surface area contributed by atoms with Crippen LogP contribution in [0.4, 0.5) is 4.39 Å². The number of nitrogens with zero attached hydrogens (tertiary/aromatic N) is 2. The maximum Gasteiger partial charge on any atom is 0.307 e. The molecule has 1 unspecified atom stereocenters. The fraction of sp³-hybridized carbons (Fsp3) is 0.683. The highest BCUT2D eigenvalue weighted by atomic mass is 32.2. The van der Waals surface area contributed by atoms with E-state index in [1.807, 2.05) is 31.2 Å². The van der Waals surface area contributed by atoms with E-state index in [-0.39, 0.29) is 68.1 Å². The number of aromatic nitrogens is 1. The van der Waals surface area contributed by atoms with E-state index in [0.29, 0.717) is 36.3 Å². The second-order valence-corrected chi connectivity index (χ2v) is 19.7. The van der Waals surface area contributed by atoms with Crippen LogP contribution in [0.2, 0.25) is 0 Å². The lowest BCUT2D eigenvalue weighted by Crippen LogP contribution is -2.48. The Hall–Kier alpha value is -3.81. The van der Waals surface area contributed by atoms with Crippen molar-refractivity contribution in [1.29, 1.82) is 0 Å². The Balaban J connectivity index is 1.34. The zero-order chi connectivity index (χ0) is 39.9. The Labute approximate surface area is 323 Å². The number of amides is 2. The number of carbonyl (C=O) groups excluding carboxylic acids is 4. The van der Waals surface area contributed by atoms with Crippen molar-refractivity contribution in [3.8, 4) is 11.6 Å². The Morgan fingerprint density at radius 3 is 2.40 bits per heavy atom. The van der Waals surface area contributed by atoms with E-state index in [1.54, 1.807) is 34.1 Å². The smallest absolute Gasteiger partial charge is 0.307 e. The summed E-state index contributed by atoms with van der Waals surface area (Å²) in [7, 11) is -2.76. The molecular weight excluding hydrogens is 730 g/mol. The number of Topliss-reactive ketones (excluding diaryl/α,β-unsaturated/α-hetero) is 1. The van der Waals surface area contributed by atoms with E-state index < -0.39 is 62.4 Å². The Morgan fingerprint density at radius 2 is 1.75 bits per heavy atom. The minimum absolute atomic E-state index is 0.0282. The fourth-order valence-electron chi connectivity index (χ4n) is 8.80. The van der Waals surface area contributed by atoms with Gasteiger partial charge in [0.05, 0.1) is 43.6 Å². The van der Waals surface area contributed by atoms with Crippen molar-refractivity contribution in [2.75, 3.05) is 20.3 Å². The minimum Gasteiger partial charge on any atom is -0.494 e. The summed E-state index contributed by atoms with van der Waals surface area (Å²) in [6.07, 6.45) is 4.91. The van der Waals surface area contributed by atoms with Gasteiger partial charge in [-0.25, -0.2) is 17.8 Å². The number of rotatable bonds is 9. The lowest BCUT2D eigenvalue weighted by atomic mass is 9.81. The van der Waals surface area contributed by atoms with Crippen molar-refractivity contribution in [3.63, 3.8) is 0 Å². The highest BCUT2D eigenvalue weighted by Gasteiger charge is 2.64. The van der Waals surface area contributed by atoms with Crippen molar-refractivity contribution in [2.45, 2.75) is 128 Å². The Morgan fingerprint density at radius 1 is 1.05 bits per heavy atom. The van der Waals surface area contributed by atoms with Gasteiger partial charge < -0.3 is 19.1 Å². The molecule has 6 rings (SSSR count). The number of ether oxygens (including phenoxy) is 3. The van der Waals surface area contributed by atoms with Gasteiger partial charge in [0.15, 0.2) is 5.78 Å². The number of sulfonamides is 1. The molecule has 7 atom stereocenters. The highest BCUT2D eigenvalue weighted by molar-refractivity contribution is 7.91. The van der Waals surface area contributed by atoms with Crippen molar-refractivity contribution in [1.82, 2.24) is 14.6 Å². The van der Waals surface area contributed by atoms with Crippen LogP contribution >= 0.6 is 0 Å². The van der Waals surface area contributed by atoms with Crippen molar-refractivity contribution in [3.05, 3.63) is 30.5 Å². The summed E-state index contributed by atoms with van der Waals surface area (Å²) in [5, 5.41) is 1.47. The molecule has 2 aliphatic heterocycles. The van der Waals surface area contributed by atoms with Crippen LogP contribution in [0.25, 0.3) is 10.8 Å². The number of methoxy groups -OCH3 is 1. The lowest BCUT2D eigenvalue weighted by molar-refractivity contribution is -0.160. The van der Waals surface area contributed by atoms with E-state index >= 15 is 0 Å². The molecule has 1 N–H and O–H groups in total. The molecule has 12 nitrogen and oxygen atoms in total. The first-order valence-electron chi connectivity index (χ1n) is 19.7. The first-order valence-corrected chi connectivity index (χ1v) is 21.2. The van der Waals surface area contributed by atoms with Crippen LogP contribution in [-0.4, -0.2) is 84.7 Å². The van der Waals surface area contributed by atoms with Crippen LogP contribution in [0, 0.1) is 29.1 Å². The molecule has 1 aromatic heterocycles. The molecular formula is C41H56FN3O9S. The standard InChI is InChI=1S/C41H56FN3O9S/c1-25-11-7-8-12-27-20-41(27,38(49)44-55(50,51)40(24-42)15-16-40)21-33(46)32-18-28(53-36-30-14-10-9-13-29(30)34(52-6)22-43-36)23-45(32)37(48)31(26(2)17-25)19-35(47)54-39(3,4)5/h9-10,13-14,22,25-28,31-32H,7-8,11-12,15-21,23-24H2,1-6H3,(H,44,49)/t25?,26-,27-,28-,31+,32+,41-/m1/s1. The first kappa shape index (κ1) is 40.8. The molecule has 0 spiro atoms. The number of carbonyl (C=O) groups is 4. The monoisotopic (exact) mass is 785 g/mol. The summed E-state index contributed by atoms with van der Waals surface area (Å²) in [5.74, 6) is -2.20. The third-order valence-electron chi connectivity index (χ3n) is 12.2. The fourth-order valence-corrected chi connectivity index (χ4v) is 10.3. The zero-order valence-electron chi connectivity index (χ0n) is 32.9. The number of alkyl halides is 1. The molecule has 302 valence electrons. The van der Waals surface area contributed by atoms with Crippen LogP contribution in [-0.2, 0) is 33.9 Å². The van der Waals surface area contributed by atoms with Gasteiger partial charge >= 0.3 is 5.97 Å². The van der Waals surface area contributed by atoms with Gasteiger partial charge in [0.2, 0.25) is 27.7 Å². The molecule has 2 saturated heterocycles. The van der Waals surface area contributed by atoms with Crippen molar-refractivity contribution < 1.29 is 46.2 Å². The topological polar surface area (TPSA) is 158 Å². The van der Waals surface area contributed by atoms with E-state index in [1.165, 1.54) is 4.90 Å². The number of ketones is 1. The molecule has 0 radical (unpaired) electrons. The molecule has 2 amide bonds. The van der Waals surface area contributed by atoms with Gasteiger partial charge in [-0.1, -0.05) is 51.3 Å². The van der Waals surface area contributed by atoms with E-state index in [4.69, 9.17) is 14.2 Å². The predicted octanol–water partition coefficient (Wildman–Crippen LogP) is 6.09. The number of hydrogen-bond acceptors (Lipinski definition) is 10. The summed E-state index contributed by atoms with van der Waals surface area (Å²) in [6, 6.07) is 6.44. The number of benzene rings is 1. The van der Waals surface area contributed by atoms with E-state index in [0.717, 1.165) is 24.6 Å². The van der Waals surface area contributed by atoms with Gasteiger partial charge in [0.1, 0.15) is 28.9 Å². The molecule has 2 saturated carbocycles. The normalized spacial score (nSPS) is 30.0. The molecule has 2 aromatic rings. The first-order chi connectivity index (χ1) is 25.9. The molecule has 4 fully saturated rings. The maximum atomic E-state index is 14.9. The minimum atomic E-state index is -4.31. The summed E-state index contributed by atoms with van der Waals surface area (Å²) in [6.45, 7) is 8.34. The summed E-state index contributed by atoms with van der Waals surface area (Å²) in [4.78, 5) is 62.8. The average molecular weight is 786 g/mol. The summed E-state index contributed by atoms with van der Waals surface area (Å²) >= 11 is 0. The van der Waals surface area contributed by atoms with Crippen molar-refractivity contribution >= 4 is 44.4 Å². The second-order valence-electron chi connectivity index (χ2n) is 17.6. The van der Waals surface area contributed by atoms with Crippen LogP contribution in [0.1, 0.15) is 105 Å². The Kier molecular flexibility index (Phi) is 11.6. The number of halogens is 1. The summed E-state index contributed by atoms with van der Waals surface area (Å²) < 4.78 is 58.6. The molecule has 2 aliphatic carbocycles. The molecule has 3 heterocycles. The predicted molar refractivity (Wildman–Crippen MR) is 203 cm³/mol. The number of pyridine rings is 1. The zero-order valence-corrected chi connectivity index (χ0v) is 33.7. The van der Waals surface area contributed by atoms with Crippen LogP contribution < -0.4 is 14.2 Å². The van der Waals surface area contributed by atoms with Crippen LogP contribution in [0.5, 0.6) is 11.6 Å². The van der Waals surface area contributed by atoms with E-state index in [9.17, 15) is 32.0 Å². The third-order valence-corrected chi connectivity index (χ3v) is 14.4. The van der Waals surface area contributed by atoms with Gasteiger partial charge in [-0.05, 0) is 76.7 Å². The lowest BCUT2D eigenvalue weighted by Gasteiger charge is -2.32. The molecule has 55 heavy (non-hydrogen) atoms. The van der Waals surface area contributed by atoms with Gasteiger partial charge in [0, 0.05) is 23.6 Å². The highest BCUT2D eigenvalue weighted by Crippen LogP contribution is 2.59. The van der Waals surface area contributed by atoms with Crippen molar-refractivity contribution in [2.24, 2.45) is 29.1 Å². The SMILES string of the molecule is COc1cnc(O[C@@H]2C[C@H]3C(=O)C[C@]4(C(=O)NS(=O)(=O)C5(CF)CC5)C[C@H]4CCCCC(C)C[C@@H](C)[C@H](CC(=O)OC(C)(C)C)C(=O)N3C2)c2ccccc12. The Bertz CT molecular complexity index is 1910. The molecule has 14 heteroatoms. The van der Waals surface area contributed by atoms with E-state index in [2.05, 4.69) is 16.6 Å². The second kappa shape index (κ2) is 15.6. The number of hydrogen-bond donors (Lipinski definition) is 1. The van der Waals surface area contributed by atoms with Gasteiger partial charge in [-0.2, -0.15) is 0 Å². The van der Waals surface area contributed by atoms with Gasteiger partial charge in [0.25, 0.3) is 0 Å².